The molecule has 8 heteroatoms. The van der Waals surface area contributed by atoms with Crippen LogP contribution in [0.3, 0.4) is 0 Å². The Kier molecular flexibility index (Phi) is 4.94. The number of amides is 1. The van der Waals surface area contributed by atoms with Gasteiger partial charge in [0.1, 0.15) is 4.88 Å². The third-order valence-corrected chi connectivity index (χ3v) is 5.05. The van der Waals surface area contributed by atoms with E-state index in [4.69, 9.17) is 4.74 Å². The Labute approximate surface area is 143 Å². The van der Waals surface area contributed by atoms with Crippen LogP contribution >= 0.6 is 11.3 Å². The minimum atomic E-state index is -0.415. The van der Waals surface area contributed by atoms with Crippen LogP contribution in [-0.2, 0) is 17.6 Å². The molecule has 0 radical (unpaired) electrons. The number of nitrogens with one attached hydrogen (secondary N) is 2. The molecule has 2 heterocycles. The summed E-state index contributed by atoms with van der Waals surface area (Å²) in [5.74, 6) is -0.708. The number of anilines is 1. The van der Waals surface area contributed by atoms with Crippen LogP contribution in [0.5, 0.6) is 0 Å². The van der Waals surface area contributed by atoms with E-state index in [1.165, 1.54) is 0 Å². The van der Waals surface area contributed by atoms with Gasteiger partial charge < -0.3 is 4.74 Å². The van der Waals surface area contributed by atoms with Crippen LogP contribution in [0.25, 0.3) is 0 Å². The molecular weight excluding hydrogens is 328 g/mol. The average molecular weight is 348 g/mol. The fourth-order valence-electron chi connectivity index (χ4n) is 2.84. The number of nitrogens with zero attached hydrogens (tertiary/aromatic N) is 2. The highest BCUT2D eigenvalue weighted by atomic mass is 32.1. The van der Waals surface area contributed by atoms with Gasteiger partial charge in [-0.25, -0.2) is 9.78 Å². The molecule has 2 aromatic heterocycles. The number of aryl methyl sites for hydroxylation is 2. The normalized spacial score (nSPS) is 13.9. The second-order valence-corrected chi connectivity index (χ2v) is 6.70. The van der Waals surface area contributed by atoms with Gasteiger partial charge in [0, 0.05) is 11.3 Å². The summed E-state index contributed by atoms with van der Waals surface area (Å²) in [6.45, 7) is 3.77. The van der Waals surface area contributed by atoms with Crippen molar-refractivity contribution in [2.45, 2.75) is 46.0 Å². The second kappa shape index (κ2) is 7.12. The maximum Gasteiger partial charge on any atom is 0.350 e. The minimum Gasteiger partial charge on any atom is -0.462 e. The Bertz CT molecular complexity index is 765. The quantitative estimate of drug-likeness (QED) is 0.654. The van der Waals surface area contributed by atoms with Gasteiger partial charge in [-0.15, -0.1) is 0 Å². The van der Waals surface area contributed by atoms with Gasteiger partial charge in [0.05, 0.1) is 12.3 Å². The van der Waals surface area contributed by atoms with E-state index in [2.05, 4.69) is 20.5 Å². The molecule has 2 aromatic rings. The minimum absolute atomic E-state index is 0.293. The van der Waals surface area contributed by atoms with Crippen molar-refractivity contribution in [2.24, 2.45) is 0 Å². The lowest BCUT2D eigenvalue weighted by molar-refractivity contribution is 0.0531. The summed E-state index contributed by atoms with van der Waals surface area (Å²) in [6.07, 6.45) is 5.14. The number of hydrogen-bond donors (Lipinski definition) is 2. The van der Waals surface area contributed by atoms with Crippen LogP contribution in [0, 0.1) is 6.92 Å². The number of fused-ring (bicyclic) bond motifs is 1. The molecule has 2 N–H and O–H groups in total. The van der Waals surface area contributed by atoms with E-state index in [9.17, 15) is 9.59 Å². The van der Waals surface area contributed by atoms with E-state index in [0.29, 0.717) is 28.0 Å². The fraction of sp³-hybridized carbons (Fsp3) is 0.500. The summed E-state index contributed by atoms with van der Waals surface area (Å²) in [7, 11) is 0. The van der Waals surface area contributed by atoms with E-state index in [-0.39, 0.29) is 5.91 Å². The van der Waals surface area contributed by atoms with Crippen molar-refractivity contribution < 1.29 is 14.3 Å². The molecule has 1 aliphatic rings. The molecule has 0 bridgehead atoms. The van der Waals surface area contributed by atoms with Crippen LogP contribution < -0.4 is 5.32 Å². The lowest BCUT2D eigenvalue weighted by Crippen LogP contribution is -2.14. The zero-order valence-electron chi connectivity index (χ0n) is 13.8. The first kappa shape index (κ1) is 16.6. The van der Waals surface area contributed by atoms with Crippen LogP contribution in [-0.4, -0.2) is 33.7 Å². The highest BCUT2D eigenvalue weighted by Gasteiger charge is 2.23. The van der Waals surface area contributed by atoms with Crippen molar-refractivity contribution in [3.8, 4) is 0 Å². The Morgan fingerprint density at radius 3 is 2.88 bits per heavy atom. The molecule has 128 valence electrons. The Morgan fingerprint density at radius 2 is 2.08 bits per heavy atom. The molecule has 3 rings (SSSR count). The molecule has 1 amide bonds. The van der Waals surface area contributed by atoms with Gasteiger partial charge >= 0.3 is 5.97 Å². The largest absolute Gasteiger partial charge is 0.462 e. The Balaban J connectivity index is 1.77. The van der Waals surface area contributed by atoms with Crippen molar-refractivity contribution >= 4 is 28.3 Å². The third-order valence-electron chi connectivity index (χ3n) is 4.00. The number of rotatable bonds is 4. The first-order chi connectivity index (χ1) is 11.6. The fourth-order valence-corrected chi connectivity index (χ4v) is 3.69. The summed E-state index contributed by atoms with van der Waals surface area (Å²) >= 11 is 1.12. The molecule has 0 saturated carbocycles. The molecule has 0 fully saturated rings. The van der Waals surface area contributed by atoms with Crippen LogP contribution in [0.2, 0.25) is 0 Å². The number of carbonyl (C=O) groups excluding carboxylic acids is 2. The van der Waals surface area contributed by atoms with Crippen LogP contribution in [0.4, 0.5) is 5.13 Å². The number of H-pyrrole nitrogens is 1. The van der Waals surface area contributed by atoms with Crippen molar-refractivity contribution in [3.05, 3.63) is 27.5 Å². The van der Waals surface area contributed by atoms with Gasteiger partial charge in [0.25, 0.3) is 5.91 Å². The summed E-state index contributed by atoms with van der Waals surface area (Å²) in [4.78, 5) is 29.0. The van der Waals surface area contributed by atoms with Gasteiger partial charge in [0.15, 0.2) is 10.8 Å². The van der Waals surface area contributed by atoms with Crippen molar-refractivity contribution in [2.75, 3.05) is 11.9 Å². The first-order valence-electron chi connectivity index (χ1n) is 8.12. The SMILES string of the molecule is CCOC(=O)c1sc(NC(=O)c2n[nH]c3c2CCCCC3)nc1C. The third kappa shape index (κ3) is 3.33. The topological polar surface area (TPSA) is 97.0 Å². The maximum absolute atomic E-state index is 12.5. The van der Waals surface area contributed by atoms with Crippen LogP contribution in [0.15, 0.2) is 0 Å². The van der Waals surface area contributed by atoms with E-state index in [1.807, 2.05) is 0 Å². The first-order valence-corrected chi connectivity index (χ1v) is 8.93. The molecule has 0 spiro atoms. The standard InChI is InChI=1S/C16H20N4O3S/c1-3-23-15(22)13-9(2)17-16(24-13)18-14(21)12-10-7-5-4-6-8-11(10)19-20-12/h3-8H2,1-2H3,(H,19,20)(H,17,18,21). The van der Waals surface area contributed by atoms with Gasteiger partial charge in [-0.1, -0.05) is 17.8 Å². The van der Waals surface area contributed by atoms with E-state index >= 15 is 0 Å². The average Bonchev–Trinajstić information content (AvgIpc) is 3.03. The van der Waals surface area contributed by atoms with Crippen molar-refractivity contribution in [3.63, 3.8) is 0 Å². The zero-order valence-corrected chi connectivity index (χ0v) is 14.6. The maximum atomic E-state index is 12.5. The molecule has 0 saturated heterocycles. The number of hydrogen-bond acceptors (Lipinski definition) is 6. The molecule has 0 unspecified atom stereocenters. The summed E-state index contributed by atoms with van der Waals surface area (Å²) in [5.41, 5.74) is 3.04. The number of carbonyl (C=O) groups is 2. The van der Waals surface area contributed by atoms with Crippen molar-refractivity contribution in [1.29, 1.82) is 0 Å². The van der Waals surface area contributed by atoms with Gasteiger partial charge in [-0.2, -0.15) is 5.10 Å². The summed E-state index contributed by atoms with van der Waals surface area (Å²) in [5, 5.41) is 10.3. The predicted molar refractivity (Wildman–Crippen MR) is 90.6 cm³/mol. The van der Waals surface area contributed by atoms with Crippen LogP contribution in [0.1, 0.15) is 63.3 Å². The smallest absolute Gasteiger partial charge is 0.350 e. The zero-order chi connectivity index (χ0) is 17.1. The summed E-state index contributed by atoms with van der Waals surface area (Å²) < 4.78 is 4.99. The molecular formula is C16H20N4O3S. The Morgan fingerprint density at radius 1 is 1.29 bits per heavy atom. The monoisotopic (exact) mass is 348 g/mol. The molecule has 0 atom stereocenters. The molecule has 0 aliphatic heterocycles. The second-order valence-electron chi connectivity index (χ2n) is 5.70. The molecule has 1 aliphatic carbocycles. The van der Waals surface area contributed by atoms with Crippen molar-refractivity contribution in [1.82, 2.24) is 15.2 Å². The molecule has 0 aromatic carbocycles. The molecule has 7 nitrogen and oxygen atoms in total. The number of thiazole rings is 1. The number of aromatic nitrogens is 3. The highest BCUT2D eigenvalue weighted by Crippen LogP contribution is 2.26. The Hall–Kier alpha value is -2.22. The predicted octanol–water partition coefficient (Wildman–Crippen LogP) is 2.87. The highest BCUT2D eigenvalue weighted by molar-refractivity contribution is 7.17. The van der Waals surface area contributed by atoms with Gasteiger partial charge in [-0.05, 0) is 39.5 Å². The van der Waals surface area contributed by atoms with E-state index < -0.39 is 5.97 Å². The lowest BCUT2D eigenvalue weighted by Gasteiger charge is -2.02. The number of ether oxygens (including phenoxy) is 1. The lowest BCUT2D eigenvalue weighted by atomic mass is 10.1. The number of esters is 1. The van der Waals surface area contributed by atoms with Gasteiger partial charge in [-0.3, -0.25) is 15.2 Å². The van der Waals surface area contributed by atoms with Gasteiger partial charge in [0.2, 0.25) is 0 Å². The summed E-state index contributed by atoms with van der Waals surface area (Å²) in [6, 6.07) is 0. The van der Waals surface area contributed by atoms with E-state index in [1.54, 1.807) is 13.8 Å². The van der Waals surface area contributed by atoms with E-state index in [0.717, 1.165) is 54.7 Å². The number of aromatic amines is 1. The molecule has 24 heavy (non-hydrogen) atoms.